The summed E-state index contributed by atoms with van der Waals surface area (Å²) in [4.78, 5) is 11.6. The second-order valence-corrected chi connectivity index (χ2v) is 11.1. The van der Waals surface area contributed by atoms with Crippen molar-refractivity contribution in [1.29, 1.82) is 0 Å². The SMILES string of the molecule is C/C=C\C(=C/NC)C1=CC[C@H]2[C@@H]3CCC=C4CCC(OC(C)=O)CC[C@]4(C)[C@H]3CC[C@]12C.CC. The molecule has 3 nitrogen and oxygen atoms in total. The molecule has 0 aromatic carbocycles. The van der Waals surface area contributed by atoms with Crippen LogP contribution >= 0.6 is 0 Å². The van der Waals surface area contributed by atoms with E-state index in [4.69, 9.17) is 4.74 Å². The van der Waals surface area contributed by atoms with E-state index in [1.807, 2.05) is 20.9 Å². The Bertz CT molecular complexity index is 849. The normalized spacial score (nSPS) is 37.6. The molecule has 0 radical (unpaired) electrons. The Kier molecular flexibility index (Phi) is 8.93. The molecule has 0 aliphatic heterocycles. The van der Waals surface area contributed by atoms with Crippen molar-refractivity contribution in [3.63, 3.8) is 0 Å². The first-order valence-electron chi connectivity index (χ1n) is 13.9. The Morgan fingerprint density at radius 2 is 1.79 bits per heavy atom. The zero-order valence-corrected chi connectivity index (χ0v) is 22.9. The summed E-state index contributed by atoms with van der Waals surface area (Å²) in [5.74, 6) is 2.13. The number of hydrogen-bond acceptors (Lipinski definition) is 3. The van der Waals surface area contributed by atoms with Crippen molar-refractivity contribution in [2.24, 2.45) is 28.6 Å². The fourth-order valence-electron chi connectivity index (χ4n) is 7.98. The number of carbonyl (C=O) groups is 1. The summed E-state index contributed by atoms with van der Waals surface area (Å²) in [5, 5.41) is 3.28. The van der Waals surface area contributed by atoms with E-state index < -0.39 is 0 Å². The Balaban J connectivity index is 0.00000158. The molecule has 4 aliphatic carbocycles. The van der Waals surface area contributed by atoms with Gasteiger partial charge < -0.3 is 10.1 Å². The number of fused-ring (bicyclic) bond motifs is 5. The Morgan fingerprint density at radius 3 is 2.47 bits per heavy atom. The Labute approximate surface area is 209 Å². The highest BCUT2D eigenvalue weighted by Crippen LogP contribution is 2.64. The predicted octanol–water partition coefficient (Wildman–Crippen LogP) is 7.90. The molecule has 2 saturated carbocycles. The molecular formula is C31H49NO2. The minimum atomic E-state index is -0.126. The largest absolute Gasteiger partial charge is 0.463 e. The van der Waals surface area contributed by atoms with Crippen LogP contribution < -0.4 is 5.32 Å². The van der Waals surface area contributed by atoms with E-state index in [1.54, 1.807) is 18.1 Å². The van der Waals surface area contributed by atoms with Crippen molar-refractivity contribution in [2.45, 2.75) is 105 Å². The molecular weight excluding hydrogens is 418 g/mol. The first-order valence-corrected chi connectivity index (χ1v) is 13.9. The number of esters is 1. The number of ether oxygens (including phenoxy) is 1. The average molecular weight is 468 g/mol. The van der Waals surface area contributed by atoms with E-state index in [9.17, 15) is 4.79 Å². The molecule has 4 aliphatic rings. The Hall–Kier alpha value is -1.77. The van der Waals surface area contributed by atoms with Gasteiger partial charge in [0, 0.05) is 20.2 Å². The van der Waals surface area contributed by atoms with Gasteiger partial charge in [-0.25, -0.2) is 0 Å². The van der Waals surface area contributed by atoms with Crippen molar-refractivity contribution >= 4 is 5.97 Å². The third kappa shape index (κ3) is 4.95. The molecule has 3 heteroatoms. The molecule has 190 valence electrons. The lowest BCUT2D eigenvalue weighted by molar-refractivity contribution is -0.147. The van der Waals surface area contributed by atoms with Gasteiger partial charge in [-0.15, -0.1) is 0 Å². The van der Waals surface area contributed by atoms with E-state index in [0.717, 1.165) is 43.4 Å². The van der Waals surface area contributed by atoms with Gasteiger partial charge in [-0.05, 0) is 104 Å². The van der Waals surface area contributed by atoms with Crippen molar-refractivity contribution < 1.29 is 9.53 Å². The van der Waals surface area contributed by atoms with Crippen LogP contribution in [0, 0.1) is 28.6 Å². The summed E-state index contributed by atoms with van der Waals surface area (Å²) in [6, 6.07) is 0. The average Bonchev–Trinajstić information content (AvgIpc) is 3.00. The predicted molar refractivity (Wildman–Crippen MR) is 143 cm³/mol. The van der Waals surface area contributed by atoms with Gasteiger partial charge in [-0.2, -0.15) is 0 Å². The molecule has 0 spiro atoms. The summed E-state index contributed by atoms with van der Waals surface area (Å²) in [6.07, 6.45) is 22.5. The first-order chi connectivity index (χ1) is 16.3. The topological polar surface area (TPSA) is 38.3 Å². The highest BCUT2D eigenvalue weighted by molar-refractivity contribution is 5.66. The van der Waals surface area contributed by atoms with Crippen LogP contribution in [0.1, 0.15) is 99.3 Å². The lowest BCUT2D eigenvalue weighted by Gasteiger charge is -2.53. The second kappa shape index (κ2) is 11.3. The maximum absolute atomic E-state index is 11.6. The summed E-state index contributed by atoms with van der Waals surface area (Å²) < 4.78 is 5.67. The number of allylic oxidation sites excluding steroid dienone is 7. The summed E-state index contributed by atoms with van der Waals surface area (Å²) in [7, 11) is 2.00. The molecule has 1 unspecified atom stereocenters. The van der Waals surface area contributed by atoms with Gasteiger partial charge in [-0.1, -0.05) is 57.6 Å². The molecule has 6 atom stereocenters. The standard InChI is InChI=1S/C29H43NO2.C2H6/c1-6-8-21(19-30-5)25-13-14-26-24-10-7-9-22-11-12-23(32-20(2)31)15-17-28(22,3)27(24)16-18-29(25,26)4;1-2/h6,8-9,13,19,23-24,26-27,30H,7,10-12,14-18H2,1-5H3;1-2H3/b8-6-,21-19+;/t23?,24-,26-,27-,28-,29+;/m0./s1. The maximum atomic E-state index is 11.6. The molecule has 0 amide bonds. The van der Waals surface area contributed by atoms with Gasteiger partial charge in [0.25, 0.3) is 0 Å². The van der Waals surface area contributed by atoms with Crippen LogP contribution in [0.3, 0.4) is 0 Å². The molecule has 4 rings (SSSR count). The van der Waals surface area contributed by atoms with Gasteiger partial charge >= 0.3 is 5.97 Å². The lowest BCUT2D eigenvalue weighted by atomic mass is 9.51. The summed E-state index contributed by atoms with van der Waals surface area (Å²) in [5.41, 5.74) is 5.11. The maximum Gasteiger partial charge on any atom is 0.302 e. The molecule has 0 aromatic rings. The van der Waals surface area contributed by atoms with E-state index >= 15 is 0 Å². The van der Waals surface area contributed by atoms with Gasteiger partial charge in [0.2, 0.25) is 0 Å². The van der Waals surface area contributed by atoms with Crippen molar-refractivity contribution in [3.8, 4) is 0 Å². The van der Waals surface area contributed by atoms with Crippen molar-refractivity contribution in [3.05, 3.63) is 47.2 Å². The Morgan fingerprint density at radius 1 is 1.06 bits per heavy atom. The van der Waals surface area contributed by atoms with Crippen LogP contribution in [0.2, 0.25) is 0 Å². The minimum absolute atomic E-state index is 0.0966. The van der Waals surface area contributed by atoms with Crippen LogP contribution in [0.4, 0.5) is 0 Å². The molecule has 0 saturated heterocycles. The third-order valence-corrected chi connectivity index (χ3v) is 9.47. The van der Waals surface area contributed by atoms with Gasteiger partial charge in [0.05, 0.1) is 0 Å². The van der Waals surface area contributed by atoms with Crippen LogP contribution in [-0.2, 0) is 9.53 Å². The molecule has 0 aromatic heterocycles. The fourth-order valence-corrected chi connectivity index (χ4v) is 7.98. The monoisotopic (exact) mass is 467 g/mol. The molecule has 1 N–H and O–H groups in total. The first kappa shape index (κ1) is 26.8. The smallest absolute Gasteiger partial charge is 0.302 e. The zero-order valence-electron chi connectivity index (χ0n) is 22.9. The van der Waals surface area contributed by atoms with Gasteiger partial charge in [0.1, 0.15) is 6.10 Å². The second-order valence-electron chi connectivity index (χ2n) is 11.1. The van der Waals surface area contributed by atoms with Crippen molar-refractivity contribution in [1.82, 2.24) is 5.32 Å². The molecule has 0 heterocycles. The van der Waals surface area contributed by atoms with Crippen LogP contribution in [0.15, 0.2) is 47.2 Å². The van der Waals surface area contributed by atoms with E-state index in [0.29, 0.717) is 0 Å². The van der Waals surface area contributed by atoms with Crippen LogP contribution in [0.25, 0.3) is 0 Å². The third-order valence-electron chi connectivity index (χ3n) is 9.47. The van der Waals surface area contributed by atoms with Gasteiger partial charge in [-0.3, -0.25) is 4.79 Å². The molecule has 34 heavy (non-hydrogen) atoms. The van der Waals surface area contributed by atoms with E-state index in [2.05, 4.69) is 56.6 Å². The molecule has 0 bridgehead atoms. The van der Waals surface area contributed by atoms with E-state index in [-0.39, 0.29) is 22.9 Å². The highest BCUT2D eigenvalue weighted by atomic mass is 16.5. The van der Waals surface area contributed by atoms with Crippen molar-refractivity contribution in [2.75, 3.05) is 7.05 Å². The zero-order chi connectivity index (χ0) is 24.9. The number of nitrogens with one attached hydrogen (secondary N) is 1. The van der Waals surface area contributed by atoms with Gasteiger partial charge in [0.15, 0.2) is 0 Å². The van der Waals surface area contributed by atoms with Crippen LogP contribution in [0.5, 0.6) is 0 Å². The number of rotatable bonds is 4. The quantitative estimate of drug-likeness (QED) is 0.259. The summed E-state index contributed by atoms with van der Waals surface area (Å²) in [6.45, 7) is 12.8. The number of carbonyl (C=O) groups excluding carboxylic acids is 1. The lowest BCUT2D eigenvalue weighted by Crippen LogP contribution is -2.46. The summed E-state index contributed by atoms with van der Waals surface area (Å²) >= 11 is 0. The molecule has 2 fully saturated rings. The minimum Gasteiger partial charge on any atom is -0.463 e. The van der Waals surface area contributed by atoms with Crippen LogP contribution in [-0.4, -0.2) is 19.1 Å². The van der Waals surface area contributed by atoms with E-state index in [1.165, 1.54) is 37.7 Å². The highest BCUT2D eigenvalue weighted by Gasteiger charge is 2.55. The fraction of sp³-hybridized carbons (Fsp3) is 0.710. The number of hydrogen-bond donors (Lipinski definition) is 1.